The minimum atomic E-state index is 0.535. The fourth-order valence-corrected chi connectivity index (χ4v) is 2.80. The van der Waals surface area contributed by atoms with Crippen LogP contribution in [-0.2, 0) is 19.6 Å². The van der Waals surface area contributed by atoms with E-state index in [4.69, 9.17) is 4.74 Å². The highest BCUT2D eigenvalue weighted by Gasteiger charge is 2.05. The van der Waals surface area contributed by atoms with Gasteiger partial charge in [0.15, 0.2) is 5.96 Å². The monoisotopic (exact) mass is 374 g/mol. The summed E-state index contributed by atoms with van der Waals surface area (Å²) in [6.45, 7) is 1.99. The molecule has 0 saturated heterocycles. The van der Waals surface area contributed by atoms with Crippen molar-refractivity contribution in [1.29, 1.82) is 0 Å². The average Bonchev–Trinajstić information content (AvgIpc) is 2.76. The Kier molecular flexibility index (Phi) is 7.44. The highest BCUT2D eigenvalue weighted by molar-refractivity contribution is 5.79. The Bertz CT molecular complexity index is 866. The van der Waals surface area contributed by atoms with Gasteiger partial charge in [0.2, 0.25) is 0 Å². The summed E-state index contributed by atoms with van der Waals surface area (Å²) >= 11 is 0. The summed E-state index contributed by atoms with van der Waals surface area (Å²) in [5.41, 5.74) is 3.41. The maximum absolute atomic E-state index is 5.90. The minimum Gasteiger partial charge on any atom is -0.489 e. The van der Waals surface area contributed by atoms with Crippen LogP contribution in [-0.4, -0.2) is 24.5 Å². The van der Waals surface area contributed by atoms with Crippen molar-refractivity contribution in [3.8, 4) is 5.75 Å². The molecule has 0 aliphatic carbocycles. The zero-order valence-corrected chi connectivity index (χ0v) is 16.1. The molecule has 0 amide bonds. The van der Waals surface area contributed by atoms with E-state index in [1.165, 1.54) is 5.56 Å². The van der Waals surface area contributed by atoms with E-state index >= 15 is 0 Å². The van der Waals surface area contributed by atoms with Gasteiger partial charge in [0.25, 0.3) is 0 Å². The van der Waals surface area contributed by atoms with Crippen molar-refractivity contribution in [2.45, 2.75) is 19.6 Å². The van der Waals surface area contributed by atoms with Crippen LogP contribution >= 0.6 is 0 Å². The second-order valence-electron chi connectivity index (χ2n) is 6.29. The van der Waals surface area contributed by atoms with E-state index in [0.29, 0.717) is 13.2 Å². The molecule has 3 rings (SSSR count). The first-order valence-corrected chi connectivity index (χ1v) is 9.44. The molecule has 0 atom stereocenters. The van der Waals surface area contributed by atoms with Gasteiger partial charge >= 0.3 is 0 Å². The number of ether oxygens (including phenoxy) is 1. The molecular formula is C23H26N4O. The van der Waals surface area contributed by atoms with E-state index in [1.807, 2.05) is 66.9 Å². The first kappa shape index (κ1) is 19.4. The molecule has 2 N–H and O–H groups in total. The second-order valence-corrected chi connectivity index (χ2v) is 6.29. The minimum absolute atomic E-state index is 0.535. The largest absolute Gasteiger partial charge is 0.489 e. The third-order valence-electron chi connectivity index (χ3n) is 4.33. The molecule has 3 aromatic rings. The van der Waals surface area contributed by atoms with Crippen LogP contribution in [0.15, 0.2) is 84.0 Å². The molecule has 0 spiro atoms. The Hall–Kier alpha value is -3.34. The summed E-state index contributed by atoms with van der Waals surface area (Å²) in [4.78, 5) is 8.64. The van der Waals surface area contributed by atoms with Gasteiger partial charge in [0.05, 0.1) is 0 Å². The van der Waals surface area contributed by atoms with Crippen molar-refractivity contribution in [3.63, 3.8) is 0 Å². The molecule has 2 aromatic carbocycles. The zero-order chi connectivity index (χ0) is 19.4. The smallest absolute Gasteiger partial charge is 0.191 e. The maximum Gasteiger partial charge on any atom is 0.191 e. The topological polar surface area (TPSA) is 58.5 Å². The highest BCUT2D eigenvalue weighted by Crippen LogP contribution is 2.14. The van der Waals surface area contributed by atoms with Crippen molar-refractivity contribution in [2.24, 2.45) is 4.99 Å². The number of aromatic nitrogens is 1. The number of hydrogen-bond donors (Lipinski definition) is 2. The average molecular weight is 374 g/mol. The van der Waals surface area contributed by atoms with Crippen LogP contribution in [0.25, 0.3) is 0 Å². The van der Waals surface area contributed by atoms with E-state index in [-0.39, 0.29) is 0 Å². The second kappa shape index (κ2) is 10.7. The lowest BCUT2D eigenvalue weighted by Crippen LogP contribution is -2.38. The van der Waals surface area contributed by atoms with Gasteiger partial charge in [-0.25, -0.2) is 0 Å². The van der Waals surface area contributed by atoms with Gasteiger partial charge in [-0.15, -0.1) is 0 Å². The van der Waals surface area contributed by atoms with Gasteiger partial charge < -0.3 is 15.4 Å². The number of rotatable bonds is 8. The fourth-order valence-electron chi connectivity index (χ4n) is 2.80. The first-order chi connectivity index (χ1) is 13.8. The lowest BCUT2D eigenvalue weighted by molar-refractivity contribution is 0.305. The van der Waals surface area contributed by atoms with Crippen molar-refractivity contribution in [2.75, 3.05) is 13.6 Å². The van der Waals surface area contributed by atoms with E-state index in [2.05, 4.69) is 32.7 Å². The molecule has 144 valence electrons. The molecule has 5 heteroatoms. The lowest BCUT2D eigenvalue weighted by Gasteiger charge is -2.15. The molecule has 28 heavy (non-hydrogen) atoms. The molecule has 0 fully saturated rings. The van der Waals surface area contributed by atoms with Crippen molar-refractivity contribution in [3.05, 3.63) is 95.8 Å². The molecule has 0 saturated carbocycles. The van der Waals surface area contributed by atoms with Crippen molar-refractivity contribution < 1.29 is 4.74 Å². The summed E-state index contributed by atoms with van der Waals surface area (Å²) in [5.74, 6) is 1.65. The molecule has 1 aromatic heterocycles. The Morgan fingerprint density at radius 2 is 1.64 bits per heavy atom. The SMILES string of the molecule is CN=C(NCCc1ccccn1)NCc1ccccc1COc1ccccc1. The molecular weight excluding hydrogens is 348 g/mol. The quantitative estimate of drug-likeness (QED) is 0.467. The van der Waals surface area contributed by atoms with E-state index in [9.17, 15) is 0 Å². The zero-order valence-electron chi connectivity index (χ0n) is 16.1. The van der Waals surface area contributed by atoms with Crippen LogP contribution in [0.3, 0.4) is 0 Å². The molecule has 5 nitrogen and oxygen atoms in total. The number of para-hydroxylation sites is 1. The summed E-state index contributed by atoms with van der Waals surface area (Å²) in [5, 5.41) is 6.71. The van der Waals surface area contributed by atoms with Gasteiger partial charge in [-0.05, 0) is 35.4 Å². The van der Waals surface area contributed by atoms with Gasteiger partial charge in [-0.1, -0.05) is 48.5 Å². The Labute approximate surface area is 166 Å². The van der Waals surface area contributed by atoms with Crippen LogP contribution < -0.4 is 15.4 Å². The number of nitrogens with zero attached hydrogens (tertiary/aromatic N) is 2. The van der Waals surface area contributed by atoms with Gasteiger partial charge in [0, 0.05) is 38.4 Å². The lowest BCUT2D eigenvalue weighted by atomic mass is 10.1. The highest BCUT2D eigenvalue weighted by atomic mass is 16.5. The number of hydrogen-bond acceptors (Lipinski definition) is 3. The molecule has 0 bridgehead atoms. The van der Waals surface area contributed by atoms with E-state index in [1.54, 1.807) is 7.05 Å². The number of benzene rings is 2. The number of guanidine groups is 1. The predicted octanol–water partition coefficient (Wildman–Crippen LogP) is 3.57. The number of pyridine rings is 1. The Balaban J connectivity index is 1.50. The first-order valence-electron chi connectivity index (χ1n) is 9.44. The van der Waals surface area contributed by atoms with Gasteiger partial charge in [-0.2, -0.15) is 0 Å². The van der Waals surface area contributed by atoms with Crippen LogP contribution in [0.2, 0.25) is 0 Å². The summed E-state index contributed by atoms with van der Waals surface area (Å²) < 4.78 is 5.90. The van der Waals surface area contributed by atoms with Crippen LogP contribution in [0.1, 0.15) is 16.8 Å². The Morgan fingerprint density at radius 1 is 0.893 bits per heavy atom. The third-order valence-corrected chi connectivity index (χ3v) is 4.33. The summed E-state index contributed by atoms with van der Waals surface area (Å²) in [7, 11) is 1.78. The molecule has 0 aliphatic heterocycles. The van der Waals surface area contributed by atoms with Crippen LogP contribution in [0.5, 0.6) is 5.75 Å². The van der Waals surface area contributed by atoms with Gasteiger partial charge in [-0.3, -0.25) is 9.98 Å². The maximum atomic E-state index is 5.90. The van der Waals surface area contributed by atoms with Crippen LogP contribution in [0.4, 0.5) is 0 Å². The standard InChI is InChI=1S/C23H26N4O/c1-24-23(26-16-14-21-11-7-8-15-25-21)27-17-19-9-5-6-10-20(19)18-28-22-12-3-2-4-13-22/h2-13,15H,14,16-18H2,1H3,(H2,24,26,27). The van der Waals surface area contributed by atoms with E-state index < -0.39 is 0 Å². The molecule has 1 heterocycles. The van der Waals surface area contributed by atoms with Gasteiger partial charge in [0.1, 0.15) is 12.4 Å². The summed E-state index contributed by atoms with van der Waals surface area (Å²) in [6, 6.07) is 24.1. The van der Waals surface area contributed by atoms with E-state index in [0.717, 1.165) is 35.9 Å². The van der Waals surface area contributed by atoms with Crippen molar-refractivity contribution >= 4 is 5.96 Å². The Morgan fingerprint density at radius 3 is 2.39 bits per heavy atom. The number of nitrogens with one attached hydrogen (secondary N) is 2. The molecule has 0 unspecified atom stereocenters. The van der Waals surface area contributed by atoms with Crippen molar-refractivity contribution in [1.82, 2.24) is 15.6 Å². The van der Waals surface area contributed by atoms with Crippen LogP contribution in [0, 0.1) is 0 Å². The third kappa shape index (κ3) is 6.13. The normalized spacial score (nSPS) is 11.1. The fraction of sp³-hybridized carbons (Fsp3) is 0.217. The molecule has 0 aliphatic rings. The number of aliphatic imine (C=N–C) groups is 1. The summed E-state index contributed by atoms with van der Waals surface area (Å²) in [6.07, 6.45) is 2.67. The predicted molar refractivity (Wildman–Crippen MR) is 113 cm³/mol. The molecule has 0 radical (unpaired) electrons.